The summed E-state index contributed by atoms with van der Waals surface area (Å²) >= 11 is 0. The molecule has 0 radical (unpaired) electrons. The zero-order valence-corrected chi connectivity index (χ0v) is 21.3. The summed E-state index contributed by atoms with van der Waals surface area (Å²) in [7, 11) is -2.05. The maximum absolute atomic E-state index is 15.3. The molecule has 2 amide bonds. The van der Waals surface area contributed by atoms with Crippen molar-refractivity contribution in [3.05, 3.63) is 65.5 Å². The molecule has 10 heteroatoms. The first-order valence-electron chi connectivity index (χ1n) is 12.3. The van der Waals surface area contributed by atoms with Crippen LogP contribution in [0.5, 0.6) is 0 Å². The van der Waals surface area contributed by atoms with Crippen molar-refractivity contribution < 1.29 is 22.4 Å². The number of amides is 2. The van der Waals surface area contributed by atoms with Crippen LogP contribution in [0, 0.1) is 5.82 Å². The SMILES string of the molecule is C[C@H]1CCC(c2ccccc2)S(=O)(=O)N1Cc1ccc(N2CCN3C(=O)CN(C)C(=O)[C@@H]3C2)cc1F. The third-order valence-electron chi connectivity index (χ3n) is 7.66. The van der Waals surface area contributed by atoms with Gasteiger partial charge in [0.15, 0.2) is 0 Å². The van der Waals surface area contributed by atoms with E-state index >= 15 is 4.39 Å². The number of rotatable bonds is 4. The van der Waals surface area contributed by atoms with Crippen LogP contribution >= 0.6 is 0 Å². The number of fused-ring (bicyclic) bond motifs is 1. The van der Waals surface area contributed by atoms with E-state index in [0.717, 1.165) is 5.56 Å². The van der Waals surface area contributed by atoms with Crippen molar-refractivity contribution in [2.24, 2.45) is 0 Å². The van der Waals surface area contributed by atoms with Gasteiger partial charge in [-0.2, -0.15) is 4.31 Å². The van der Waals surface area contributed by atoms with E-state index in [-0.39, 0.29) is 30.9 Å². The summed E-state index contributed by atoms with van der Waals surface area (Å²) < 4.78 is 43.7. The van der Waals surface area contributed by atoms with E-state index < -0.39 is 27.1 Å². The molecule has 5 rings (SSSR count). The first-order chi connectivity index (χ1) is 17.2. The zero-order valence-electron chi connectivity index (χ0n) is 20.5. The minimum absolute atomic E-state index is 0.0346. The monoisotopic (exact) mass is 514 g/mol. The van der Waals surface area contributed by atoms with Gasteiger partial charge < -0.3 is 14.7 Å². The Morgan fingerprint density at radius 3 is 2.50 bits per heavy atom. The summed E-state index contributed by atoms with van der Waals surface area (Å²) in [6.45, 7) is 3.11. The van der Waals surface area contributed by atoms with Gasteiger partial charge >= 0.3 is 0 Å². The summed E-state index contributed by atoms with van der Waals surface area (Å²) in [5.74, 6) is -0.676. The molecule has 0 N–H and O–H groups in total. The van der Waals surface area contributed by atoms with Crippen LogP contribution in [-0.2, 0) is 26.2 Å². The molecule has 3 aliphatic rings. The maximum atomic E-state index is 15.3. The zero-order chi connectivity index (χ0) is 25.6. The minimum Gasteiger partial charge on any atom is -0.367 e. The number of anilines is 1. The fourth-order valence-electron chi connectivity index (χ4n) is 5.53. The molecule has 2 aromatic carbocycles. The minimum atomic E-state index is -3.67. The molecule has 0 aliphatic carbocycles. The number of halogens is 1. The van der Waals surface area contributed by atoms with Crippen LogP contribution in [0.25, 0.3) is 0 Å². The van der Waals surface area contributed by atoms with E-state index in [1.165, 1.54) is 15.3 Å². The number of likely N-dealkylation sites (N-methyl/N-ethyl adjacent to an activating group) is 1. The van der Waals surface area contributed by atoms with Gasteiger partial charge in [-0.25, -0.2) is 12.8 Å². The summed E-state index contributed by atoms with van der Waals surface area (Å²) in [4.78, 5) is 29.9. The van der Waals surface area contributed by atoms with Crippen LogP contribution in [0.3, 0.4) is 0 Å². The van der Waals surface area contributed by atoms with E-state index in [1.54, 1.807) is 24.1 Å². The Balaban J connectivity index is 1.34. The van der Waals surface area contributed by atoms with Crippen LogP contribution in [0.4, 0.5) is 10.1 Å². The second-order valence-corrected chi connectivity index (χ2v) is 12.0. The fraction of sp³-hybridized carbons (Fsp3) is 0.462. The van der Waals surface area contributed by atoms with Crippen molar-refractivity contribution in [1.82, 2.24) is 14.1 Å². The topological polar surface area (TPSA) is 81.2 Å². The van der Waals surface area contributed by atoms with Gasteiger partial charge in [0.05, 0.1) is 6.54 Å². The highest BCUT2D eigenvalue weighted by atomic mass is 32.2. The standard InChI is InChI=1S/C26H31FN4O4S/c1-18-8-11-24(19-6-4-3-5-7-19)36(34,35)31(18)15-20-9-10-21(14-22(20)27)29-12-13-30-23(16-29)26(33)28(2)17-25(30)32/h3-7,9-10,14,18,23-24H,8,11-13,15-17H2,1-2H3/t18-,23-,24?/m0/s1. The van der Waals surface area contributed by atoms with E-state index in [1.807, 2.05) is 42.2 Å². The summed E-state index contributed by atoms with van der Waals surface area (Å²) in [5.41, 5.74) is 1.68. The molecule has 3 atom stereocenters. The molecule has 192 valence electrons. The Kier molecular flexibility index (Phi) is 6.50. The van der Waals surface area contributed by atoms with Gasteiger partial charge in [0.25, 0.3) is 0 Å². The quantitative estimate of drug-likeness (QED) is 0.626. The second-order valence-electron chi connectivity index (χ2n) is 9.93. The average molecular weight is 515 g/mol. The van der Waals surface area contributed by atoms with Crippen molar-refractivity contribution >= 4 is 27.5 Å². The largest absolute Gasteiger partial charge is 0.367 e. The number of carbonyl (C=O) groups excluding carboxylic acids is 2. The molecule has 0 spiro atoms. The Bertz CT molecular complexity index is 1270. The summed E-state index contributed by atoms with van der Waals surface area (Å²) in [5, 5.41) is -0.637. The number of nitrogens with zero attached hydrogens (tertiary/aromatic N) is 4. The Morgan fingerprint density at radius 1 is 1.03 bits per heavy atom. The smallest absolute Gasteiger partial charge is 0.247 e. The highest BCUT2D eigenvalue weighted by molar-refractivity contribution is 7.89. The second kappa shape index (κ2) is 9.48. The number of sulfonamides is 1. The van der Waals surface area contributed by atoms with Crippen molar-refractivity contribution in [2.45, 2.75) is 43.6 Å². The van der Waals surface area contributed by atoms with Gasteiger partial charge in [-0.1, -0.05) is 36.4 Å². The molecular formula is C26H31FN4O4S. The van der Waals surface area contributed by atoms with Crippen molar-refractivity contribution in [3.63, 3.8) is 0 Å². The van der Waals surface area contributed by atoms with Crippen LogP contribution in [0.15, 0.2) is 48.5 Å². The lowest BCUT2D eigenvalue weighted by Gasteiger charge is -2.46. The van der Waals surface area contributed by atoms with Crippen molar-refractivity contribution in [2.75, 3.05) is 38.1 Å². The van der Waals surface area contributed by atoms with Crippen LogP contribution < -0.4 is 4.90 Å². The van der Waals surface area contributed by atoms with Crippen LogP contribution in [0.1, 0.15) is 36.1 Å². The van der Waals surface area contributed by atoms with Gasteiger partial charge in [0.1, 0.15) is 17.1 Å². The number of piperazine rings is 2. The first kappa shape index (κ1) is 24.7. The molecule has 2 aromatic rings. The molecule has 8 nitrogen and oxygen atoms in total. The Morgan fingerprint density at radius 2 is 1.78 bits per heavy atom. The summed E-state index contributed by atoms with van der Waals surface area (Å²) in [6, 6.07) is 13.2. The lowest BCUT2D eigenvalue weighted by molar-refractivity contribution is -0.154. The normalized spacial score (nSPS) is 26.8. The first-order valence-corrected chi connectivity index (χ1v) is 13.8. The van der Waals surface area contributed by atoms with Crippen LogP contribution in [0.2, 0.25) is 0 Å². The lowest BCUT2D eigenvalue weighted by atomic mass is 10.0. The lowest BCUT2D eigenvalue weighted by Crippen LogP contribution is -2.66. The Hall–Kier alpha value is -2.98. The Labute approximate surface area is 211 Å². The van der Waals surface area contributed by atoms with Crippen molar-refractivity contribution in [1.29, 1.82) is 0 Å². The number of benzene rings is 2. The van der Waals surface area contributed by atoms with E-state index in [9.17, 15) is 18.0 Å². The van der Waals surface area contributed by atoms with Crippen LogP contribution in [-0.4, -0.2) is 79.6 Å². The third kappa shape index (κ3) is 4.37. The molecule has 3 heterocycles. The van der Waals surface area contributed by atoms with Gasteiger partial charge in [-0.15, -0.1) is 0 Å². The molecule has 3 saturated heterocycles. The van der Waals surface area contributed by atoms with E-state index in [0.29, 0.717) is 43.7 Å². The molecule has 1 unspecified atom stereocenters. The fourth-order valence-corrected chi connectivity index (χ4v) is 7.72. The van der Waals surface area contributed by atoms with Gasteiger partial charge in [0.2, 0.25) is 21.8 Å². The number of hydrogen-bond donors (Lipinski definition) is 0. The third-order valence-corrected chi connectivity index (χ3v) is 10.0. The molecule has 3 aliphatic heterocycles. The predicted molar refractivity (Wildman–Crippen MR) is 134 cm³/mol. The summed E-state index contributed by atoms with van der Waals surface area (Å²) in [6.07, 6.45) is 1.24. The molecule has 3 fully saturated rings. The number of hydrogen-bond acceptors (Lipinski definition) is 5. The van der Waals surface area contributed by atoms with E-state index in [2.05, 4.69) is 0 Å². The van der Waals surface area contributed by atoms with Crippen molar-refractivity contribution in [3.8, 4) is 0 Å². The molecule has 0 saturated carbocycles. The van der Waals surface area contributed by atoms with Gasteiger partial charge in [0, 0.05) is 50.5 Å². The molecule has 0 aromatic heterocycles. The number of carbonyl (C=O) groups is 2. The molecular weight excluding hydrogens is 483 g/mol. The molecule has 0 bridgehead atoms. The predicted octanol–water partition coefficient (Wildman–Crippen LogP) is 2.37. The highest BCUT2D eigenvalue weighted by Gasteiger charge is 2.42. The van der Waals surface area contributed by atoms with E-state index in [4.69, 9.17) is 0 Å². The van der Waals surface area contributed by atoms with Gasteiger partial charge in [-0.3, -0.25) is 9.59 Å². The maximum Gasteiger partial charge on any atom is 0.247 e. The molecule has 36 heavy (non-hydrogen) atoms. The highest BCUT2D eigenvalue weighted by Crippen LogP contribution is 2.38. The average Bonchev–Trinajstić information content (AvgIpc) is 2.86. The van der Waals surface area contributed by atoms with Gasteiger partial charge in [-0.05, 0) is 37.5 Å².